The predicted octanol–water partition coefficient (Wildman–Crippen LogP) is 1.92. The van der Waals surface area contributed by atoms with E-state index in [0.717, 1.165) is 12.2 Å². The summed E-state index contributed by atoms with van der Waals surface area (Å²) < 4.78 is 0. The summed E-state index contributed by atoms with van der Waals surface area (Å²) in [6.07, 6.45) is 3.66. The van der Waals surface area contributed by atoms with Crippen molar-refractivity contribution in [3.63, 3.8) is 0 Å². The van der Waals surface area contributed by atoms with E-state index in [4.69, 9.17) is 0 Å². The summed E-state index contributed by atoms with van der Waals surface area (Å²) in [5.41, 5.74) is 1.02. The molecule has 0 bridgehead atoms. The van der Waals surface area contributed by atoms with Crippen LogP contribution in [0.25, 0.3) is 0 Å². The van der Waals surface area contributed by atoms with Gasteiger partial charge in [0.05, 0.1) is 11.7 Å². The number of hydrogen-bond donors (Lipinski definition) is 1. The highest BCUT2D eigenvalue weighted by atomic mass is 14.9. The molecule has 0 amide bonds. The van der Waals surface area contributed by atoms with Crippen LogP contribution in [-0.2, 0) is 0 Å². The lowest BCUT2D eigenvalue weighted by Gasteiger charge is -2.11. The van der Waals surface area contributed by atoms with Crippen LogP contribution in [0.5, 0.6) is 0 Å². The number of rotatable bonds is 4. The maximum absolute atomic E-state index is 4.23. The molecule has 1 N–H and O–H groups in total. The molecule has 12 heavy (non-hydrogen) atoms. The van der Waals surface area contributed by atoms with Crippen molar-refractivity contribution in [2.45, 2.75) is 13.0 Å². The van der Waals surface area contributed by atoms with Gasteiger partial charge in [-0.2, -0.15) is 0 Å². The smallest absolute Gasteiger partial charge is 0.0678 e. The van der Waals surface area contributed by atoms with E-state index in [1.165, 1.54) is 0 Å². The Morgan fingerprint density at radius 2 is 2.50 bits per heavy atom. The van der Waals surface area contributed by atoms with Gasteiger partial charge in [0.25, 0.3) is 0 Å². The van der Waals surface area contributed by atoms with Crippen molar-refractivity contribution < 1.29 is 0 Å². The molecule has 1 aromatic heterocycles. The lowest BCUT2D eigenvalue weighted by atomic mass is 10.2. The molecule has 1 rings (SSSR count). The summed E-state index contributed by atoms with van der Waals surface area (Å²) in [6.45, 7) is 6.75. The van der Waals surface area contributed by atoms with Crippen molar-refractivity contribution in [1.82, 2.24) is 10.3 Å². The lowest BCUT2D eigenvalue weighted by Crippen LogP contribution is -2.19. The van der Waals surface area contributed by atoms with E-state index in [9.17, 15) is 0 Å². The number of nitrogens with zero attached hydrogens (tertiary/aromatic N) is 1. The number of aromatic nitrogens is 1. The van der Waals surface area contributed by atoms with Gasteiger partial charge in [-0.25, -0.2) is 0 Å². The van der Waals surface area contributed by atoms with Crippen LogP contribution in [0.1, 0.15) is 18.7 Å². The number of hydrogen-bond acceptors (Lipinski definition) is 2. The fraction of sp³-hybridized carbons (Fsp3) is 0.300. The summed E-state index contributed by atoms with van der Waals surface area (Å²) in [6, 6.07) is 6.07. The normalized spacial score (nSPS) is 12.4. The first-order valence-electron chi connectivity index (χ1n) is 4.15. The molecule has 0 fully saturated rings. The Labute approximate surface area is 73.3 Å². The third kappa shape index (κ3) is 2.17. The van der Waals surface area contributed by atoms with Crippen molar-refractivity contribution in [2.24, 2.45) is 0 Å². The third-order valence-electron chi connectivity index (χ3n) is 1.67. The van der Waals surface area contributed by atoms with E-state index in [-0.39, 0.29) is 6.04 Å². The number of likely N-dealkylation sites (N-methyl/N-ethyl adjacent to an activating group) is 1. The molecule has 1 atom stereocenters. The predicted molar refractivity (Wildman–Crippen MR) is 50.9 cm³/mol. The topological polar surface area (TPSA) is 24.9 Å². The van der Waals surface area contributed by atoms with E-state index in [0.29, 0.717) is 0 Å². The van der Waals surface area contributed by atoms with Gasteiger partial charge in [0.15, 0.2) is 0 Å². The second-order valence-electron chi connectivity index (χ2n) is 2.53. The van der Waals surface area contributed by atoms with E-state index >= 15 is 0 Å². The molecule has 0 aliphatic heterocycles. The standard InChI is InChI=1S/C10H14N2/c1-3-9(11-4-2)10-7-5-6-8-12-10/h3,5-9,11H,1,4H2,2H3. The van der Waals surface area contributed by atoms with Gasteiger partial charge in [0, 0.05) is 6.20 Å². The van der Waals surface area contributed by atoms with E-state index in [1.807, 2.05) is 24.3 Å². The minimum Gasteiger partial charge on any atom is -0.306 e. The molecule has 0 aromatic carbocycles. The highest BCUT2D eigenvalue weighted by Crippen LogP contribution is 2.08. The molecule has 0 aliphatic rings. The molecular formula is C10H14N2. The average Bonchev–Trinajstić information content (AvgIpc) is 2.15. The molecule has 0 aliphatic carbocycles. The van der Waals surface area contributed by atoms with Crippen molar-refractivity contribution in [3.05, 3.63) is 42.7 Å². The lowest BCUT2D eigenvalue weighted by molar-refractivity contribution is 0.633. The van der Waals surface area contributed by atoms with Gasteiger partial charge in [-0.05, 0) is 18.7 Å². The van der Waals surface area contributed by atoms with Crippen LogP contribution in [0, 0.1) is 0 Å². The van der Waals surface area contributed by atoms with Gasteiger partial charge in [-0.1, -0.05) is 19.1 Å². The largest absolute Gasteiger partial charge is 0.306 e. The van der Waals surface area contributed by atoms with Crippen molar-refractivity contribution in [1.29, 1.82) is 0 Å². The first-order chi connectivity index (χ1) is 5.88. The van der Waals surface area contributed by atoms with Crippen LogP contribution in [-0.4, -0.2) is 11.5 Å². The van der Waals surface area contributed by atoms with Crippen molar-refractivity contribution in [2.75, 3.05) is 6.54 Å². The Balaban J connectivity index is 2.73. The van der Waals surface area contributed by atoms with E-state index < -0.39 is 0 Å². The third-order valence-corrected chi connectivity index (χ3v) is 1.67. The van der Waals surface area contributed by atoms with Crippen molar-refractivity contribution in [3.8, 4) is 0 Å². The molecular weight excluding hydrogens is 148 g/mol. The highest BCUT2D eigenvalue weighted by molar-refractivity contribution is 5.13. The summed E-state index contributed by atoms with van der Waals surface area (Å²) in [5.74, 6) is 0. The quantitative estimate of drug-likeness (QED) is 0.684. The molecule has 64 valence electrons. The zero-order valence-corrected chi connectivity index (χ0v) is 7.33. The zero-order valence-electron chi connectivity index (χ0n) is 7.33. The maximum Gasteiger partial charge on any atom is 0.0678 e. The van der Waals surface area contributed by atoms with Crippen LogP contribution in [0.2, 0.25) is 0 Å². The van der Waals surface area contributed by atoms with Gasteiger partial charge in [0.2, 0.25) is 0 Å². The first kappa shape index (κ1) is 8.94. The molecule has 1 aromatic rings. The van der Waals surface area contributed by atoms with Crippen LogP contribution in [0.15, 0.2) is 37.1 Å². The van der Waals surface area contributed by atoms with Crippen molar-refractivity contribution >= 4 is 0 Å². The molecule has 2 nitrogen and oxygen atoms in total. The van der Waals surface area contributed by atoms with Gasteiger partial charge in [-0.15, -0.1) is 6.58 Å². The molecule has 1 unspecified atom stereocenters. The molecule has 0 radical (unpaired) electrons. The molecule has 0 spiro atoms. The SMILES string of the molecule is C=CC(NCC)c1ccccn1. The fourth-order valence-corrected chi connectivity index (χ4v) is 1.09. The summed E-state index contributed by atoms with van der Waals surface area (Å²) in [7, 11) is 0. The Bertz CT molecular complexity index is 231. The van der Waals surface area contributed by atoms with Crippen LogP contribution < -0.4 is 5.32 Å². The molecule has 0 saturated heterocycles. The Hall–Kier alpha value is -1.15. The zero-order chi connectivity index (χ0) is 8.81. The van der Waals surface area contributed by atoms with Crippen LogP contribution >= 0.6 is 0 Å². The first-order valence-corrected chi connectivity index (χ1v) is 4.15. The van der Waals surface area contributed by atoms with E-state index in [2.05, 4.69) is 23.8 Å². The van der Waals surface area contributed by atoms with Crippen LogP contribution in [0.3, 0.4) is 0 Å². The summed E-state index contributed by atoms with van der Waals surface area (Å²) in [5, 5.41) is 3.27. The Morgan fingerprint density at radius 3 is 3.00 bits per heavy atom. The molecule has 0 saturated carbocycles. The molecule has 2 heteroatoms. The van der Waals surface area contributed by atoms with Gasteiger partial charge >= 0.3 is 0 Å². The Morgan fingerprint density at radius 1 is 1.67 bits per heavy atom. The summed E-state index contributed by atoms with van der Waals surface area (Å²) in [4.78, 5) is 4.23. The van der Waals surface area contributed by atoms with Crippen LogP contribution in [0.4, 0.5) is 0 Å². The molecule has 1 heterocycles. The second kappa shape index (κ2) is 4.67. The van der Waals surface area contributed by atoms with Gasteiger partial charge < -0.3 is 5.32 Å². The summed E-state index contributed by atoms with van der Waals surface area (Å²) >= 11 is 0. The van der Waals surface area contributed by atoms with E-state index in [1.54, 1.807) is 6.20 Å². The van der Waals surface area contributed by atoms with Gasteiger partial charge in [0.1, 0.15) is 0 Å². The monoisotopic (exact) mass is 162 g/mol. The minimum atomic E-state index is 0.177. The average molecular weight is 162 g/mol. The number of nitrogens with one attached hydrogen (secondary N) is 1. The minimum absolute atomic E-state index is 0.177. The second-order valence-corrected chi connectivity index (χ2v) is 2.53. The maximum atomic E-state index is 4.23. The highest BCUT2D eigenvalue weighted by Gasteiger charge is 2.04. The number of pyridine rings is 1. The fourth-order valence-electron chi connectivity index (χ4n) is 1.09. The van der Waals surface area contributed by atoms with Gasteiger partial charge in [-0.3, -0.25) is 4.98 Å². The Kier molecular flexibility index (Phi) is 3.48.